The Bertz CT molecular complexity index is 1400. The molecule has 0 aliphatic carbocycles. The van der Waals surface area contributed by atoms with Crippen LogP contribution >= 0.6 is 0 Å². The van der Waals surface area contributed by atoms with Crippen molar-refractivity contribution in [3.8, 4) is 0 Å². The molecule has 1 aromatic heterocycles. The summed E-state index contributed by atoms with van der Waals surface area (Å²) in [5, 5.41) is 7.27. The summed E-state index contributed by atoms with van der Waals surface area (Å²) < 4.78 is 55.2. The molecular weight excluding hydrogens is 476 g/mol. The summed E-state index contributed by atoms with van der Waals surface area (Å²) in [6.45, 7) is 3.61. The number of Topliss-reactive ketones (excluding diaryl/α,β-unsaturated/α-hetero) is 1. The molecule has 2 heterocycles. The van der Waals surface area contributed by atoms with Crippen molar-refractivity contribution >= 4 is 27.2 Å². The van der Waals surface area contributed by atoms with E-state index in [4.69, 9.17) is 5.73 Å². The lowest BCUT2D eigenvalue weighted by Gasteiger charge is -2.36. The first-order chi connectivity index (χ1) is 16.3. The molecule has 0 bridgehead atoms. The highest BCUT2D eigenvalue weighted by atomic mass is 32.2. The monoisotopic (exact) mass is 503 g/mol. The Labute approximate surface area is 202 Å². The maximum Gasteiger partial charge on any atom is 0.243 e. The van der Waals surface area contributed by atoms with Crippen LogP contribution in [0.3, 0.4) is 0 Å². The van der Waals surface area contributed by atoms with Gasteiger partial charge in [0.15, 0.2) is 5.78 Å². The summed E-state index contributed by atoms with van der Waals surface area (Å²) in [7, 11) is -0.478. The minimum absolute atomic E-state index is 0.0532. The number of hydrogen-bond donors (Lipinski definition) is 2. The molecule has 0 spiro atoms. The van der Waals surface area contributed by atoms with Crippen LogP contribution in [0.1, 0.15) is 41.2 Å². The summed E-state index contributed by atoms with van der Waals surface area (Å²) in [4.78, 5) is 14.5. The fourth-order valence-electron chi connectivity index (χ4n) is 4.36. The van der Waals surface area contributed by atoms with Crippen LogP contribution in [0.25, 0.3) is 0 Å². The smallest absolute Gasteiger partial charge is 0.243 e. The summed E-state index contributed by atoms with van der Waals surface area (Å²) in [6.07, 6.45) is -0.0631. The van der Waals surface area contributed by atoms with E-state index >= 15 is 0 Å². The first-order valence-electron chi connectivity index (χ1n) is 10.9. The van der Waals surface area contributed by atoms with E-state index in [-0.39, 0.29) is 25.3 Å². The Hall–Kier alpha value is -3.31. The van der Waals surface area contributed by atoms with E-state index in [0.29, 0.717) is 34.3 Å². The van der Waals surface area contributed by atoms with E-state index in [1.54, 1.807) is 18.2 Å². The quantitative estimate of drug-likeness (QED) is 0.395. The van der Waals surface area contributed by atoms with E-state index in [1.807, 2.05) is 32.8 Å². The van der Waals surface area contributed by atoms with Gasteiger partial charge in [0.25, 0.3) is 0 Å². The zero-order chi connectivity index (χ0) is 25.7. The predicted molar refractivity (Wildman–Crippen MR) is 129 cm³/mol. The third kappa shape index (κ3) is 4.65. The number of halogens is 2. The molecule has 0 unspecified atom stereocenters. The van der Waals surface area contributed by atoms with Crippen molar-refractivity contribution in [2.75, 3.05) is 31.3 Å². The van der Waals surface area contributed by atoms with E-state index < -0.39 is 32.0 Å². The van der Waals surface area contributed by atoms with Gasteiger partial charge in [0.2, 0.25) is 10.0 Å². The molecule has 0 saturated carbocycles. The molecule has 8 nitrogen and oxygen atoms in total. The first kappa shape index (κ1) is 24.8. The molecule has 4 rings (SSSR count). The van der Waals surface area contributed by atoms with Crippen molar-refractivity contribution in [2.24, 2.45) is 0 Å². The molecular formula is C24H27F2N5O3S. The number of benzene rings is 2. The number of carbonyl (C=O) groups is 1. The van der Waals surface area contributed by atoms with E-state index in [1.165, 1.54) is 0 Å². The highest BCUT2D eigenvalue weighted by Crippen LogP contribution is 2.37. The number of nitrogens with zero attached hydrogens (tertiary/aromatic N) is 3. The molecule has 0 saturated heterocycles. The Morgan fingerprint density at radius 3 is 2.43 bits per heavy atom. The van der Waals surface area contributed by atoms with Gasteiger partial charge in [-0.2, -0.15) is 9.40 Å². The number of fused-ring (bicyclic) bond motifs is 1. The lowest BCUT2D eigenvalue weighted by atomic mass is 9.83. The van der Waals surface area contributed by atoms with Gasteiger partial charge < -0.3 is 10.6 Å². The van der Waals surface area contributed by atoms with Crippen molar-refractivity contribution in [3.05, 3.63) is 70.5 Å². The van der Waals surface area contributed by atoms with Crippen LogP contribution < -0.4 is 10.6 Å². The van der Waals surface area contributed by atoms with Gasteiger partial charge in [-0.15, -0.1) is 0 Å². The van der Waals surface area contributed by atoms with Crippen molar-refractivity contribution < 1.29 is 22.0 Å². The SMILES string of the molecule is CN(C)c1ccc(C(=O)Cc2[nH]nc3c2CN(S(=O)(=O)c2cc(F)cc(F)c2)CC3(C)C)c(N)c1. The lowest BCUT2D eigenvalue weighted by molar-refractivity contribution is 0.0992. The topological polar surface area (TPSA) is 112 Å². The number of nitrogen functional groups attached to an aromatic ring is 1. The van der Waals surface area contributed by atoms with Gasteiger partial charge in [0, 0.05) is 66.9 Å². The van der Waals surface area contributed by atoms with Gasteiger partial charge in [-0.3, -0.25) is 9.89 Å². The van der Waals surface area contributed by atoms with Crippen LogP contribution in [-0.4, -0.2) is 49.3 Å². The average Bonchev–Trinajstić information content (AvgIpc) is 3.16. The van der Waals surface area contributed by atoms with Crippen LogP contribution in [0.2, 0.25) is 0 Å². The molecule has 0 radical (unpaired) electrons. The molecule has 1 aliphatic heterocycles. The molecule has 186 valence electrons. The van der Waals surface area contributed by atoms with E-state index in [2.05, 4.69) is 10.2 Å². The largest absolute Gasteiger partial charge is 0.398 e. The van der Waals surface area contributed by atoms with Gasteiger partial charge in [0.05, 0.1) is 17.0 Å². The number of carbonyl (C=O) groups excluding carboxylic acids is 1. The van der Waals surface area contributed by atoms with Crippen LogP contribution in [-0.2, 0) is 28.4 Å². The molecule has 35 heavy (non-hydrogen) atoms. The fourth-order valence-corrected chi connectivity index (χ4v) is 5.97. The van der Waals surface area contributed by atoms with Crippen LogP contribution in [0.15, 0.2) is 41.3 Å². The van der Waals surface area contributed by atoms with Crippen molar-refractivity contribution in [1.29, 1.82) is 0 Å². The van der Waals surface area contributed by atoms with Crippen molar-refractivity contribution in [3.63, 3.8) is 0 Å². The van der Waals surface area contributed by atoms with Gasteiger partial charge in [-0.05, 0) is 30.3 Å². The Kier molecular flexibility index (Phi) is 6.18. The first-order valence-corrected chi connectivity index (χ1v) is 12.4. The molecule has 0 atom stereocenters. The number of H-pyrrole nitrogens is 1. The van der Waals surface area contributed by atoms with Gasteiger partial charge >= 0.3 is 0 Å². The minimum atomic E-state index is -4.21. The Morgan fingerprint density at radius 1 is 1.17 bits per heavy atom. The zero-order valence-corrected chi connectivity index (χ0v) is 20.7. The number of nitrogens with one attached hydrogen (secondary N) is 1. The molecule has 0 fully saturated rings. The third-order valence-corrected chi connectivity index (χ3v) is 7.93. The summed E-state index contributed by atoms with van der Waals surface area (Å²) in [5.74, 6) is -2.20. The highest BCUT2D eigenvalue weighted by molar-refractivity contribution is 7.89. The summed E-state index contributed by atoms with van der Waals surface area (Å²) >= 11 is 0. The van der Waals surface area contributed by atoms with Gasteiger partial charge in [-0.25, -0.2) is 17.2 Å². The van der Waals surface area contributed by atoms with Gasteiger partial charge in [0.1, 0.15) is 11.6 Å². The maximum absolute atomic E-state index is 13.7. The van der Waals surface area contributed by atoms with Crippen LogP contribution in [0.5, 0.6) is 0 Å². The number of ketones is 1. The molecule has 3 aromatic rings. The molecule has 0 amide bonds. The number of rotatable bonds is 6. The number of nitrogens with two attached hydrogens (primary N) is 1. The molecule has 11 heteroatoms. The second kappa shape index (κ2) is 8.72. The predicted octanol–water partition coefficient (Wildman–Crippen LogP) is 3.24. The highest BCUT2D eigenvalue weighted by Gasteiger charge is 2.41. The normalized spacial score (nSPS) is 15.6. The number of aromatic amines is 1. The molecule has 1 aliphatic rings. The van der Waals surface area contributed by atoms with E-state index in [9.17, 15) is 22.0 Å². The second-order valence-electron chi connectivity index (χ2n) is 9.56. The number of sulfonamides is 1. The number of anilines is 2. The minimum Gasteiger partial charge on any atom is -0.398 e. The summed E-state index contributed by atoms with van der Waals surface area (Å²) in [6, 6.07) is 7.37. The third-order valence-electron chi connectivity index (χ3n) is 6.16. The van der Waals surface area contributed by atoms with E-state index in [0.717, 1.165) is 22.1 Å². The number of aromatic nitrogens is 2. The Morgan fingerprint density at radius 2 is 1.83 bits per heavy atom. The standard InChI is InChI=1S/C24H27F2N5O3S/c1-24(2)13-31(35(33,34)17-8-14(25)7-15(26)9-17)12-19-21(28-29-23(19)24)11-22(32)18-6-5-16(30(3)4)10-20(18)27/h5-10H,11-13,27H2,1-4H3,(H,28,29). The van der Waals surface area contributed by atoms with Crippen molar-refractivity contribution in [2.45, 2.75) is 37.1 Å². The average molecular weight is 504 g/mol. The maximum atomic E-state index is 13.7. The second-order valence-corrected chi connectivity index (χ2v) is 11.5. The Balaban J connectivity index is 1.66. The van der Waals surface area contributed by atoms with Gasteiger partial charge in [-0.1, -0.05) is 13.8 Å². The molecule has 2 aromatic carbocycles. The number of hydrogen-bond acceptors (Lipinski definition) is 6. The fraction of sp³-hybridized carbons (Fsp3) is 0.333. The lowest BCUT2D eigenvalue weighted by Crippen LogP contribution is -2.45. The zero-order valence-electron chi connectivity index (χ0n) is 19.9. The van der Waals surface area contributed by atoms with Crippen LogP contribution in [0, 0.1) is 11.6 Å². The van der Waals surface area contributed by atoms with Crippen LogP contribution in [0.4, 0.5) is 20.2 Å². The van der Waals surface area contributed by atoms with Crippen molar-refractivity contribution in [1.82, 2.24) is 14.5 Å². The molecule has 3 N–H and O–H groups in total. The summed E-state index contributed by atoms with van der Waals surface area (Å²) in [5.41, 5.74) is 8.64.